The van der Waals surface area contributed by atoms with Crippen molar-refractivity contribution in [3.63, 3.8) is 0 Å². The van der Waals surface area contributed by atoms with Gasteiger partial charge < -0.3 is 5.32 Å². The van der Waals surface area contributed by atoms with Gasteiger partial charge in [0.15, 0.2) is 0 Å². The Morgan fingerprint density at radius 1 is 1.20 bits per heavy atom. The Bertz CT molecular complexity index is 364. The van der Waals surface area contributed by atoms with Gasteiger partial charge in [0.05, 0.1) is 0 Å². The number of benzene rings is 1. The van der Waals surface area contributed by atoms with Gasteiger partial charge >= 0.3 is 0 Å². The second-order valence-corrected chi connectivity index (χ2v) is 5.12. The van der Waals surface area contributed by atoms with Crippen molar-refractivity contribution in [1.29, 1.82) is 0 Å². The van der Waals surface area contributed by atoms with Crippen LogP contribution in [0, 0.1) is 12.8 Å². The second-order valence-electron chi connectivity index (χ2n) is 5.12. The number of hydrogen-bond donors (Lipinski definition) is 1. The highest BCUT2D eigenvalue weighted by Crippen LogP contribution is 2.43. The summed E-state index contributed by atoms with van der Waals surface area (Å²) in [5.74, 6) is 1.74. The van der Waals surface area contributed by atoms with Crippen LogP contribution in [0.25, 0.3) is 0 Å². The van der Waals surface area contributed by atoms with Crippen molar-refractivity contribution < 1.29 is 0 Å². The molecular weight excluding hydrogens is 182 g/mol. The minimum absolute atomic E-state index is 0.794. The molecule has 0 saturated heterocycles. The monoisotopic (exact) mass is 201 g/mol. The van der Waals surface area contributed by atoms with Crippen LogP contribution in [-0.2, 0) is 0 Å². The van der Waals surface area contributed by atoms with Crippen LogP contribution < -0.4 is 5.32 Å². The Hall–Kier alpha value is -0.980. The lowest BCUT2D eigenvalue weighted by Gasteiger charge is -2.18. The summed E-state index contributed by atoms with van der Waals surface area (Å²) in [6.45, 7) is 3.37. The smallest absolute Gasteiger partial charge is 0.0376 e. The van der Waals surface area contributed by atoms with Crippen LogP contribution in [0.5, 0.6) is 0 Å². The lowest BCUT2D eigenvalue weighted by atomic mass is 9.86. The molecule has 1 aliphatic heterocycles. The van der Waals surface area contributed by atoms with E-state index in [9.17, 15) is 0 Å². The SMILES string of the molecule is Cc1ccc2c(c1)C(C1CCCC1)CN2. The Kier molecular flexibility index (Phi) is 2.19. The molecule has 3 rings (SSSR count). The first-order valence-corrected chi connectivity index (χ1v) is 6.19. The van der Waals surface area contributed by atoms with Gasteiger partial charge in [0.2, 0.25) is 0 Å². The number of anilines is 1. The fourth-order valence-electron chi connectivity index (χ4n) is 3.26. The van der Waals surface area contributed by atoms with E-state index in [1.807, 2.05) is 0 Å². The molecule has 1 aromatic carbocycles. The average molecular weight is 201 g/mol. The summed E-state index contributed by atoms with van der Waals surface area (Å²) in [5, 5.41) is 3.55. The van der Waals surface area contributed by atoms with Gasteiger partial charge in [-0.15, -0.1) is 0 Å². The molecular formula is C14H19N. The predicted molar refractivity (Wildman–Crippen MR) is 64.4 cm³/mol. The van der Waals surface area contributed by atoms with Crippen LogP contribution in [0.15, 0.2) is 18.2 Å². The lowest BCUT2D eigenvalue weighted by Crippen LogP contribution is -2.11. The molecule has 0 spiro atoms. The van der Waals surface area contributed by atoms with Crippen LogP contribution in [0.4, 0.5) is 5.69 Å². The first-order valence-electron chi connectivity index (χ1n) is 6.19. The summed E-state index contributed by atoms with van der Waals surface area (Å²) in [6, 6.07) is 6.85. The van der Waals surface area contributed by atoms with E-state index < -0.39 is 0 Å². The van der Waals surface area contributed by atoms with Crippen LogP contribution in [-0.4, -0.2) is 6.54 Å². The van der Waals surface area contributed by atoms with Crippen LogP contribution in [0.3, 0.4) is 0 Å². The summed E-state index contributed by atoms with van der Waals surface area (Å²) in [5.41, 5.74) is 4.37. The molecule has 1 heterocycles. The maximum absolute atomic E-state index is 3.55. The van der Waals surface area contributed by atoms with E-state index in [0.717, 1.165) is 11.8 Å². The Balaban J connectivity index is 1.92. The Morgan fingerprint density at radius 3 is 2.80 bits per heavy atom. The van der Waals surface area contributed by atoms with Gasteiger partial charge in [-0.05, 0) is 37.3 Å². The van der Waals surface area contributed by atoms with Crippen molar-refractivity contribution in [1.82, 2.24) is 0 Å². The van der Waals surface area contributed by atoms with Crippen molar-refractivity contribution in [3.05, 3.63) is 29.3 Å². The molecule has 0 aromatic heterocycles. The van der Waals surface area contributed by atoms with Crippen LogP contribution in [0.2, 0.25) is 0 Å². The number of aryl methyl sites for hydroxylation is 1. The molecule has 1 aliphatic carbocycles. The van der Waals surface area contributed by atoms with E-state index >= 15 is 0 Å². The molecule has 1 atom stereocenters. The maximum atomic E-state index is 3.55. The summed E-state index contributed by atoms with van der Waals surface area (Å²) >= 11 is 0. The molecule has 1 nitrogen and oxygen atoms in total. The third-order valence-electron chi connectivity index (χ3n) is 4.09. The molecule has 0 bridgehead atoms. The zero-order valence-corrected chi connectivity index (χ0v) is 9.42. The highest BCUT2D eigenvalue weighted by Gasteiger charge is 2.31. The average Bonchev–Trinajstić information content (AvgIpc) is 2.83. The first-order chi connectivity index (χ1) is 7.34. The third-order valence-corrected chi connectivity index (χ3v) is 4.09. The van der Waals surface area contributed by atoms with Crippen molar-refractivity contribution in [2.24, 2.45) is 5.92 Å². The quantitative estimate of drug-likeness (QED) is 0.730. The van der Waals surface area contributed by atoms with Crippen molar-refractivity contribution >= 4 is 5.69 Å². The van der Waals surface area contributed by atoms with Gasteiger partial charge in [0, 0.05) is 18.2 Å². The number of nitrogens with one attached hydrogen (secondary N) is 1. The topological polar surface area (TPSA) is 12.0 Å². The molecule has 2 aliphatic rings. The van der Waals surface area contributed by atoms with E-state index in [0.29, 0.717) is 0 Å². The highest BCUT2D eigenvalue weighted by molar-refractivity contribution is 5.59. The molecule has 1 N–H and O–H groups in total. The molecule has 15 heavy (non-hydrogen) atoms. The normalized spacial score (nSPS) is 25.3. The third kappa shape index (κ3) is 1.54. The maximum Gasteiger partial charge on any atom is 0.0376 e. The van der Waals surface area contributed by atoms with Crippen LogP contribution >= 0.6 is 0 Å². The fraction of sp³-hybridized carbons (Fsp3) is 0.571. The minimum atomic E-state index is 0.794. The van der Waals surface area contributed by atoms with E-state index in [-0.39, 0.29) is 0 Å². The van der Waals surface area contributed by atoms with Gasteiger partial charge in [-0.25, -0.2) is 0 Å². The van der Waals surface area contributed by atoms with Crippen molar-refractivity contribution in [3.8, 4) is 0 Å². The summed E-state index contributed by atoms with van der Waals surface area (Å²) < 4.78 is 0. The number of rotatable bonds is 1. The molecule has 80 valence electrons. The number of hydrogen-bond acceptors (Lipinski definition) is 1. The second kappa shape index (κ2) is 3.55. The summed E-state index contributed by atoms with van der Waals surface area (Å²) in [4.78, 5) is 0. The molecule has 1 aromatic rings. The zero-order chi connectivity index (χ0) is 10.3. The largest absolute Gasteiger partial charge is 0.384 e. The van der Waals surface area contributed by atoms with E-state index in [1.54, 1.807) is 5.56 Å². The standard InChI is InChI=1S/C14H19N/c1-10-6-7-14-12(8-10)13(9-15-14)11-4-2-3-5-11/h6-8,11,13,15H,2-5,9H2,1H3. The molecule has 0 radical (unpaired) electrons. The molecule has 1 unspecified atom stereocenters. The Labute approximate surface area is 91.9 Å². The van der Waals surface area contributed by atoms with E-state index in [1.165, 1.54) is 43.5 Å². The van der Waals surface area contributed by atoms with E-state index in [2.05, 4.69) is 30.4 Å². The molecule has 1 heteroatoms. The van der Waals surface area contributed by atoms with Gasteiger partial charge in [-0.3, -0.25) is 0 Å². The summed E-state index contributed by atoms with van der Waals surface area (Å²) in [6.07, 6.45) is 5.78. The van der Waals surface area contributed by atoms with Crippen LogP contribution in [0.1, 0.15) is 42.7 Å². The molecule has 1 fully saturated rings. The molecule has 1 saturated carbocycles. The first kappa shape index (κ1) is 9.26. The predicted octanol–water partition coefficient (Wildman–Crippen LogP) is 3.69. The van der Waals surface area contributed by atoms with Gasteiger partial charge in [0.25, 0.3) is 0 Å². The van der Waals surface area contributed by atoms with Gasteiger partial charge in [-0.1, -0.05) is 30.5 Å². The van der Waals surface area contributed by atoms with Gasteiger partial charge in [-0.2, -0.15) is 0 Å². The number of fused-ring (bicyclic) bond motifs is 1. The minimum Gasteiger partial charge on any atom is -0.384 e. The van der Waals surface area contributed by atoms with Crippen molar-refractivity contribution in [2.75, 3.05) is 11.9 Å². The fourth-order valence-corrected chi connectivity index (χ4v) is 3.26. The Morgan fingerprint density at radius 2 is 2.00 bits per heavy atom. The van der Waals surface area contributed by atoms with E-state index in [4.69, 9.17) is 0 Å². The molecule has 0 amide bonds. The lowest BCUT2D eigenvalue weighted by molar-refractivity contribution is 0.460. The zero-order valence-electron chi connectivity index (χ0n) is 9.42. The summed E-state index contributed by atoms with van der Waals surface area (Å²) in [7, 11) is 0. The van der Waals surface area contributed by atoms with Gasteiger partial charge in [0.1, 0.15) is 0 Å². The highest BCUT2D eigenvalue weighted by atomic mass is 14.9. The van der Waals surface area contributed by atoms with Crippen molar-refractivity contribution in [2.45, 2.75) is 38.5 Å².